The fraction of sp³-hybridized carbons (Fsp3) is 0.0769. The van der Waals surface area contributed by atoms with E-state index in [1.165, 1.54) is 0 Å². The number of hydrogen-bond donors (Lipinski definition) is 1. The van der Waals surface area contributed by atoms with Crippen molar-refractivity contribution < 1.29 is 0 Å². The average Bonchev–Trinajstić information content (AvgIpc) is 2.38. The fourth-order valence-electron chi connectivity index (χ4n) is 1.44. The van der Waals surface area contributed by atoms with Crippen LogP contribution in [0.4, 0.5) is 5.69 Å². The highest BCUT2D eigenvalue weighted by molar-refractivity contribution is 7.98. The molecule has 0 bridgehead atoms. The Morgan fingerprint density at radius 1 is 1.29 bits per heavy atom. The van der Waals surface area contributed by atoms with Crippen LogP contribution in [0.2, 0.25) is 0 Å². The van der Waals surface area contributed by atoms with Gasteiger partial charge in [-0.1, -0.05) is 18.2 Å². The van der Waals surface area contributed by atoms with Gasteiger partial charge in [0.2, 0.25) is 0 Å². The molecule has 0 spiro atoms. The smallest absolute Gasteiger partial charge is 0.0994 e. The number of pyridine rings is 1. The van der Waals surface area contributed by atoms with Crippen molar-refractivity contribution in [2.45, 2.75) is 10.6 Å². The van der Waals surface area contributed by atoms with E-state index in [4.69, 9.17) is 11.0 Å². The van der Waals surface area contributed by atoms with E-state index in [0.29, 0.717) is 11.3 Å². The minimum atomic E-state index is 0.673. The van der Waals surface area contributed by atoms with Crippen LogP contribution < -0.4 is 5.73 Å². The van der Waals surface area contributed by atoms with Crippen molar-refractivity contribution in [1.29, 1.82) is 5.26 Å². The number of nitrogen functional groups attached to an aromatic ring is 1. The molecule has 4 heteroatoms. The van der Waals surface area contributed by atoms with Crippen molar-refractivity contribution in [2.24, 2.45) is 0 Å². The zero-order valence-electron chi connectivity index (χ0n) is 9.13. The van der Waals surface area contributed by atoms with Crippen LogP contribution in [0.3, 0.4) is 0 Å². The maximum atomic E-state index is 8.98. The molecule has 0 amide bonds. The van der Waals surface area contributed by atoms with Crippen LogP contribution in [0.15, 0.2) is 47.6 Å². The van der Waals surface area contributed by atoms with Gasteiger partial charge in [0.25, 0.3) is 0 Å². The Labute approximate surface area is 104 Å². The van der Waals surface area contributed by atoms with Crippen LogP contribution in [-0.4, -0.2) is 4.98 Å². The van der Waals surface area contributed by atoms with Crippen molar-refractivity contribution in [1.82, 2.24) is 4.98 Å². The predicted molar refractivity (Wildman–Crippen MR) is 69.4 cm³/mol. The summed E-state index contributed by atoms with van der Waals surface area (Å²) < 4.78 is 0. The molecule has 1 aromatic heterocycles. The van der Waals surface area contributed by atoms with Crippen molar-refractivity contribution in [3.63, 3.8) is 0 Å². The van der Waals surface area contributed by atoms with Crippen molar-refractivity contribution in [2.75, 3.05) is 5.73 Å². The summed E-state index contributed by atoms with van der Waals surface area (Å²) in [4.78, 5) is 4.94. The molecule has 1 aromatic carbocycles. The van der Waals surface area contributed by atoms with Crippen molar-refractivity contribution in [3.8, 4) is 6.07 Å². The summed E-state index contributed by atoms with van der Waals surface area (Å²) in [5, 5.41) is 8.98. The Kier molecular flexibility index (Phi) is 3.63. The second kappa shape index (κ2) is 5.37. The van der Waals surface area contributed by atoms with Gasteiger partial charge in [-0.25, -0.2) is 0 Å². The van der Waals surface area contributed by atoms with Crippen molar-refractivity contribution in [3.05, 3.63) is 53.9 Å². The molecule has 2 rings (SSSR count). The highest BCUT2D eigenvalue weighted by Gasteiger charge is 2.03. The zero-order chi connectivity index (χ0) is 12.1. The first kappa shape index (κ1) is 11.5. The number of rotatable bonds is 3. The third-order valence-electron chi connectivity index (χ3n) is 2.33. The highest BCUT2D eigenvalue weighted by atomic mass is 32.2. The highest BCUT2D eigenvalue weighted by Crippen LogP contribution is 2.27. The molecule has 84 valence electrons. The van der Waals surface area contributed by atoms with E-state index in [1.54, 1.807) is 24.2 Å². The molecule has 3 nitrogen and oxygen atoms in total. The first-order valence-electron chi connectivity index (χ1n) is 5.11. The number of nitriles is 1. The normalized spacial score (nSPS) is 9.82. The van der Waals surface area contributed by atoms with E-state index >= 15 is 0 Å². The summed E-state index contributed by atoms with van der Waals surface area (Å²) in [5.74, 6) is 0.734. The Hall–Kier alpha value is -1.99. The van der Waals surface area contributed by atoms with Gasteiger partial charge in [0.15, 0.2) is 0 Å². The van der Waals surface area contributed by atoms with Crippen LogP contribution >= 0.6 is 11.8 Å². The van der Waals surface area contributed by atoms with E-state index in [0.717, 1.165) is 16.2 Å². The molecule has 0 atom stereocenters. The van der Waals surface area contributed by atoms with Gasteiger partial charge < -0.3 is 5.73 Å². The molecule has 0 radical (unpaired) electrons. The molecule has 0 unspecified atom stereocenters. The van der Waals surface area contributed by atoms with Crippen LogP contribution in [0.5, 0.6) is 0 Å². The SMILES string of the molecule is N#Cc1ccccc1CSc1ccncc1N. The molecule has 17 heavy (non-hydrogen) atoms. The van der Waals surface area contributed by atoms with Crippen LogP contribution in [0.25, 0.3) is 0 Å². The average molecular weight is 241 g/mol. The van der Waals surface area contributed by atoms with E-state index in [9.17, 15) is 0 Å². The molecular weight excluding hydrogens is 230 g/mol. The predicted octanol–water partition coefficient (Wildman–Crippen LogP) is 2.83. The molecule has 0 aliphatic rings. The minimum Gasteiger partial charge on any atom is -0.397 e. The lowest BCUT2D eigenvalue weighted by Gasteiger charge is -2.05. The van der Waals surface area contributed by atoms with E-state index in [2.05, 4.69) is 11.1 Å². The largest absolute Gasteiger partial charge is 0.397 e. The summed E-state index contributed by atoms with van der Waals surface area (Å²) in [5.41, 5.74) is 8.22. The summed E-state index contributed by atoms with van der Waals surface area (Å²) >= 11 is 1.61. The zero-order valence-corrected chi connectivity index (χ0v) is 9.95. The molecular formula is C13H11N3S. The van der Waals surface area contributed by atoms with Gasteiger partial charge in [0, 0.05) is 16.8 Å². The molecule has 2 aromatic rings. The first-order valence-corrected chi connectivity index (χ1v) is 6.10. The minimum absolute atomic E-state index is 0.673. The van der Waals surface area contributed by atoms with Gasteiger partial charge in [0.05, 0.1) is 23.5 Å². The van der Waals surface area contributed by atoms with Crippen molar-refractivity contribution >= 4 is 17.4 Å². The summed E-state index contributed by atoms with van der Waals surface area (Å²) in [6, 6.07) is 11.7. The molecule has 0 aliphatic heterocycles. The van der Waals surface area contributed by atoms with Gasteiger partial charge in [-0.2, -0.15) is 5.26 Å². The molecule has 0 saturated carbocycles. The maximum Gasteiger partial charge on any atom is 0.0994 e. The third-order valence-corrected chi connectivity index (χ3v) is 3.47. The van der Waals surface area contributed by atoms with Gasteiger partial charge in [-0.3, -0.25) is 4.98 Å². The maximum absolute atomic E-state index is 8.98. The number of nitrogens with zero attached hydrogens (tertiary/aromatic N) is 2. The van der Waals surface area contributed by atoms with E-state index in [-0.39, 0.29) is 0 Å². The van der Waals surface area contributed by atoms with Gasteiger partial charge >= 0.3 is 0 Å². The monoisotopic (exact) mass is 241 g/mol. The van der Waals surface area contributed by atoms with E-state index < -0.39 is 0 Å². The quantitative estimate of drug-likeness (QED) is 0.839. The number of hydrogen-bond acceptors (Lipinski definition) is 4. The number of aromatic nitrogens is 1. The lowest BCUT2D eigenvalue weighted by molar-refractivity contribution is 1.26. The number of anilines is 1. The molecule has 1 heterocycles. The molecule has 0 fully saturated rings. The lowest BCUT2D eigenvalue weighted by atomic mass is 10.1. The topological polar surface area (TPSA) is 62.7 Å². The standard InChI is InChI=1S/C13H11N3S/c14-7-10-3-1-2-4-11(10)9-17-13-5-6-16-8-12(13)15/h1-6,8H,9,15H2. The fourth-order valence-corrected chi connectivity index (χ4v) is 2.38. The van der Waals surface area contributed by atoms with Crippen LogP contribution in [-0.2, 0) is 5.75 Å². The van der Waals surface area contributed by atoms with E-state index in [1.807, 2.05) is 30.3 Å². The second-order valence-corrected chi connectivity index (χ2v) is 4.49. The van der Waals surface area contributed by atoms with Gasteiger partial charge in [-0.05, 0) is 17.7 Å². The Balaban J connectivity index is 2.13. The number of nitrogens with two attached hydrogens (primary N) is 1. The van der Waals surface area contributed by atoms with Crippen LogP contribution in [0.1, 0.15) is 11.1 Å². The molecule has 0 aliphatic carbocycles. The van der Waals surface area contributed by atoms with Gasteiger partial charge in [0.1, 0.15) is 0 Å². The first-order chi connectivity index (χ1) is 8.31. The summed E-state index contributed by atoms with van der Waals surface area (Å²) in [6.45, 7) is 0. The Bertz CT molecular complexity index is 561. The number of thioether (sulfide) groups is 1. The van der Waals surface area contributed by atoms with Gasteiger partial charge in [-0.15, -0.1) is 11.8 Å². The third kappa shape index (κ3) is 2.77. The summed E-state index contributed by atoms with van der Waals surface area (Å²) in [6.07, 6.45) is 3.35. The summed E-state index contributed by atoms with van der Waals surface area (Å²) in [7, 11) is 0. The van der Waals surface area contributed by atoms with Crippen LogP contribution in [0, 0.1) is 11.3 Å². The Morgan fingerprint density at radius 2 is 2.12 bits per heavy atom. The Morgan fingerprint density at radius 3 is 2.88 bits per heavy atom. The number of benzene rings is 1. The lowest BCUT2D eigenvalue weighted by Crippen LogP contribution is -1.91. The molecule has 0 saturated heterocycles. The molecule has 2 N–H and O–H groups in total. The second-order valence-electron chi connectivity index (χ2n) is 3.47.